The number of rotatable bonds is 2. The van der Waals surface area contributed by atoms with E-state index < -0.39 is 17.6 Å². The number of halogens is 2. The summed E-state index contributed by atoms with van der Waals surface area (Å²) in [7, 11) is 0. The maximum atomic E-state index is 14.5. The van der Waals surface area contributed by atoms with Crippen LogP contribution in [0.1, 0.15) is 10.5 Å². The van der Waals surface area contributed by atoms with Gasteiger partial charge >= 0.3 is 12.0 Å². The molecule has 0 aliphatic carbocycles. The van der Waals surface area contributed by atoms with Gasteiger partial charge in [0.05, 0.1) is 31.8 Å². The van der Waals surface area contributed by atoms with Crippen molar-refractivity contribution in [2.24, 2.45) is 0 Å². The smallest absolute Gasteiger partial charge is 0.376 e. The first kappa shape index (κ1) is 18.9. The van der Waals surface area contributed by atoms with E-state index in [2.05, 4.69) is 4.98 Å². The molecule has 1 unspecified atom stereocenters. The first-order chi connectivity index (χ1) is 13.4. The largest absolute Gasteiger partial charge is 0.437 e. The quantitative estimate of drug-likeness (QED) is 0.759. The van der Waals surface area contributed by atoms with Crippen LogP contribution in [0.15, 0.2) is 41.2 Å². The Hall–Kier alpha value is -2.43. The van der Waals surface area contributed by atoms with Crippen molar-refractivity contribution in [2.45, 2.75) is 11.7 Å². The molecule has 4 rings (SSSR count). The minimum Gasteiger partial charge on any atom is -0.376 e. The molecule has 0 radical (unpaired) electrons. The van der Waals surface area contributed by atoms with Gasteiger partial charge in [0, 0.05) is 17.6 Å². The molecule has 10 heteroatoms. The molecule has 3 heterocycles. The number of hydrogen-bond donors (Lipinski definition) is 0. The van der Waals surface area contributed by atoms with Gasteiger partial charge in [-0.05, 0) is 12.1 Å². The van der Waals surface area contributed by atoms with E-state index in [1.165, 1.54) is 21.7 Å². The van der Waals surface area contributed by atoms with Gasteiger partial charge in [0.1, 0.15) is 11.3 Å². The van der Waals surface area contributed by atoms with Gasteiger partial charge < -0.3 is 14.5 Å². The molecule has 148 valence electrons. The summed E-state index contributed by atoms with van der Waals surface area (Å²) in [5, 5.41) is 1.59. The van der Waals surface area contributed by atoms with Crippen molar-refractivity contribution in [3.8, 4) is 0 Å². The summed E-state index contributed by atoms with van der Waals surface area (Å²) in [6.45, 7) is -0.0833. The zero-order chi connectivity index (χ0) is 19.8. The molecular formula is C18H17F2N3O4S. The molecule has 1 atom stereocenters. The molecule has 2 saturated heterocycles. The second-order valence-electron chi connectivity index (χ2n) is 6.68. The van der Waals surface area contributed by atoms with Gasteiger partial charge in [-0.3, -0.25) is 14.3 Å². The highest BCUT2D eigenvalue weighted by Crippen LogP contribution is 2.37. The second-order valence-corrected chi connectivity index (χ2v) is 7.40. The number of ether oxygens (including phenoxy) is 2. The minimum absolute atomic E-state index is 0.143. The fourth-order valence-corrected chi connectivity index (χ4v) is 3.92. The SMILES string of the molecule is O=C(c1cscn1)N1CCOCC2(C1)CN(c1ccccc1)C(=O)C(F)(F)O2. The average molecular weight is 409 g/mol. The first-order valence-electron chi connectivity index (χ1n) is 8.60. The van der Waals surface area contributed by atoms with Crippen molar-refractivity contribution in [1.82, 2.24) is 9.88 Å². The first-order valence-corrected chi connectivity index (χ1v) is 9.55. The van der Waals surface area contributed by atoms with Crippen molar-refractivity contribution in [3.63, 3.8) is 0 Å². The van der Waals surface area contributed by atoms with Crippen LogP contribution >= 0.6 is 11.3 Å². The van der Waals surface area contributed by atoms with E-state index in [4.69, 9.17) is 9.47 Å². The van der Waals surface area contributed by atoms with Crippen LogP contribution in [0.5, 0.6) is 0 Å². The van der Waals surface area contributed by atoms with Crippen LogP contribution < -0.4 is 4.90 Å². The Kier molecular flexibility index (Phi) is 4.86. The van der Waals surface area contributed by atoms with Crippen LogP contribution in [0.3, 0.4) is 0 Å². The summed E-state index contributed by atoms with van der Waals surface area (Å²) in [5.41, 5.74) is 0.533. The molecule has 0 N–H and O–H groups in total. The van der Waals surface area contributed by atoms with Crippen LogP contribution in [0.4, 0.5) is 14.5 Å². The van der Waals surface area contributed by atoms with Gasteiger partial charge in [-0.1, -0.05) is 18.2 Å². The number of anilines is 1. The van der Waals surface area contributed by atoms with Crippen LogP contribution in [0.25, 0.3) is 0 Å². The van der Waals surface area contributed by atoms with Crippen molar-refractivity contribution in [1.29, 1.82) is 0 Å². The highest BCUT2D eigenvalue weighted by Gasteiger charge is 2.58. The average Bonchev–Trinajstić information content (AvgIpc) is 3.14. The summed E-state index contributed by atoms with van der Waals surface area (Å²) in [5.74, 6) is -1.83. The number of benzene rings is 1. The minimum atomic E-state index is -4.03. The topological polar surface area (TPSA) is 72.0 Å². The van der Waals surface area contributed by atoms with Crippen molar-refractivity contribution >= 4 is 28.8 Å². The summed E-state index contributed by atoms with van der Waals surface area (Å²) in [6.07, 6.45) is -4.03. The third-order valence-corrected chi connectivity index (χ3v) is 5.23. The lowest BCUT2D eigenvalue weighted by Crippen LogP contribution is -2.66. The lowest BCUT2D eigenvalue weighted by atomic mass is 10.00. The van der Waals surface area contributed by atoms with Gasteiger partial charge in [-0.15, -0.1) is 11.3 Å². The van der Waals surface area contributed by atoms with E-state index >= 15 is 0 Å². The van der Waals surface area contributed by atoms with Gasteiger partial charge in [0.2, 0.25) is 0 Å². The predicted octanol–water partition coefficient (Wildman–Crippen LogP) is 2.01. The Balaban J connectivity index is 1.66. The van der Waals surface area contributed by atoms with E-state index in [9.17, 15) is 18.4 Å². The molecule has 1 spiro atoms. The normalized spacial score (nSPS) is 25.0. The number of carbonyl (C=O) groups is 2. The number of carbonyl (C=O) groups excluding carboxylic acids is 2. The van der Waals surface area contributed by atoms with Crippen molar-refractivity contribution in [2.75, 3.05) is 37.7 Å². The van der Waals surface area contributed by atoms with Crippen molar-refractivity contribution < 1.29 is 27.8 Å². The van der Waals surface area contributed by atoms with E-state index in [1.807, 2.05) is 0 Å². The van der Waals surface area contributed by atoms with Gasteiger partial charge in [0.15, 0.2) is 0 Å². The third-order valence-electron chi connectivity index (χ3n) is 4.64. The number of hydrogen-bond acceptors (Lipinski definition) is 6. The molecular weight excluding hydrogens is 392 g/mol. The summed E-state index contributed by atoms with van der Waals surface area (Å²) in [6, 6.07) is 8.19. The lowest BCUT2D eigenvalue weighted by Gasteiger charge is -2.45. The van der Waals surface area contributed by atoms with Gasteiger partial charge in [-0.2, -0.15) is 8.78 Å². The number of amides is 2. The Bertz CT molecular complexity index is 865. The van der Waals surface area contributed by atoms with Gasteiger partial charge in [0.25, 0.3) is 5.91 Å². The molecule has 1 aromatic heterocycles. The number of morpholine rings is 1. The molecule has 2 aliphatic rings. The second kappa shape index (κ2) is 7.19. The van der Waals surface area contributed by atoms with Crippen molar-refractivity contribution in [3.05, 3.63) is 46.9 Å². The lowest BCUT2D eigenvalue weighted by molar-refractivity contribution is -0.293. The molecule has 0 saturated carbocycles. The fraction of sp³-hybridized carbons (Fsp3) is 0.389. The standard InChI is InChI=1S/C18H17F2N3O4S/c19-18(20)16(25)23(13-4-2-1-3-5-13)10-17(27-18)9-22(6-7-26-11-17)15(24)14-8-28-12-21-14/h1-5,8,12H,6-7,9-11H2. The van der Waals surface area contributed by atoms with Crippen LogP contribution in [0.2, 0.25) is 0 Å². The van der Waals surface area contributed by atoms with E-state index in [1.54, 1.807) is 35.7 Å². The Morgan fingerprint density at radius 1 is 1.21 bits per heavy atom. The molecule has 2 fully saturated rings. The number of nitrogens with zero attached hydrogens (tertiary/aromatic N) is 3. The Morgan fingerprint density at radius 3 is 2.71 bits per heavy atom. The molecule has 2 aromatic rings. The van der Waals surface area contributed by atoms with Gasteiger partial charge in [-0.25, -0.2) is 4.98 Å². The van der Waals surface area contributed by atoms with Crippen LogP contribution in [-0.2, 0) is 14.3 Å². The molecule has 1 aromatic carbocycles. The zero-order valence-electron chi connectivity index (χ0n) is 14.7. The van der Waals surface area contributed by atoms with E-state index in [-0.39, 0.29) is 44.4 Å². The molecule has 7 nitrogen and oxygen atoms in total. The molecule has 0 bridgehead atoms. The van der Waals surface area contributed by atoms with Crippen LogP contribution in [-0.4, -0.2) is 66.3 Å². The number of para-hydroxylation sites is 1. The summed E-state index contributed by atoms with van der Waals surface area (Å²) in [4.78, 5) is 31.4. The Morgan fingerprint density at radius 2 is 2.00 bits per heavy atom. The maximum Gasteiger partial charge on any atom is 0.437 e. The fourth-order valence-electron chi connectivity index (χ4n) is 3.40. The summed E-state index contributed by atoms with van der Waals surface area (Å²) >= 11 is 1.27. The number of alkyl halides is 2. The highest BCUT2D eigenvalue weighted by molar-refractivity contribution is 7.07. The van der Waals surface area contributed by atoms with E-state index in [0.29, 0.717) is 5.69 Å². The van der Waals surface area contributed by atoms with E-state index in [0.717, 1.165) is 4.90 Å². The number of thiazole rings is 1. The highest BCUT2D eigenvalue weighted by atomic mass is 32.1. The van der Waals surface area contributed by atoms with Crippen LogP contribution in [0, 0.1) is 0 Å². The maximum absolute atomic E-state index is 14.5. The zero-order valence-corrected chi connectivity index (χ0v) is 15.5. The third kappa shape index (κ3) is 3.50. The monoisotopic (exact) mass is 409 g/mol. The Labute approximate surface area is 163 Å². The molecule has 28 heavy (non-hydrogen) atoms. The molecule has 2 aliphatic heterocycles. The predicted molar refractivity (Wildman–Crippen MR) is 96.4 cm³/mol. The molecule has 2 amide bonds. The summed E-state index contributed by atoms with van der Waals surface area (Å²) < 4.78 is 39.5. The number of aromatic nitrogens is 1.